The molecule has 0 heterocycles. The average molecular weight is 676 g/mol. The zero-order valence-corrected chi connectivity index (χ0v) is 28.8. The Kier molecular flexibility index (Phi) is 22.6. The summed E-state index contributed by atoms with van der Waals surface area (Å²) in [7, 11) is 0. The van der Waals surface area contributed by atoms with E-state index < -0.39 is 6.09 Å². The van der Waals surface area contributed by atoms with Gasteiger partial charge in [0.25, 0.3) is 0 Å². The molecule has 1 N–H and O–H groups in total. The molecular formula is C37H57NO10. The second kappa shape index (κ2) is 27.2. The third-order valence-corrected chi connectivity index (χ3v) is 7.57. The van der Waals surface area contributed by atoms with Crippen LogP contribution in [0.25, 0.3) is 11.1 Å². The molecule has 0 saturated carbocycles. The fourth-order valence-electron chi connectivity index (χ4n) is 5.11. The number of fused-ring (bicyclic) bond motifs is 3. The molecule has 2 aromatic rings. The summed E-state index contributed by atoms with van der Waals surface area (Å²) >= 11 is 0. The van der Waals surface area contributed by atoms with Crippen LogP contribution in [0.2, 0.25) is 0 Å². The molecule has 11 heteroatoms. The minimum Gasteiger partial charge on any atom is -0.449 e. The van der Waals surface area contributed by atoms with Crippen molar-refractivity contribution in [2.45, 2.75) is 38.5 Å². The average Bonchev–Trinajstić information content (AvgIpc) is 3.43. The van der Waals surface area contributed by atoms with Gasteiger partial charge in [-0.2, -0.15) is 0 Å². The van der Waals surface area contributed by atoms with Crippen LogP contribution >= 0.6 is 0 Å². The number of ether oxygens (including phenoxy) is 9. The van der Waals surface area contributed by atoms with Crippen molar-refractivity contribution < 1.29 is 47.4 Å². The van der Waals surface area contributed by atoms with Gasteiger partial charge in [0.05, 0.1) is 92.5 Å². The molecule has 1 aliphatic rings. The Morgan fingerprint density at radius 2 is 0.896 bits per heavy atom. The van der Waals surface area contributed by atoms with Crippen molar-refractivity contribution in [3.05, 3.63) is 59.7 Å². The lowest BCUT2D eigenvalue weighted by atomic mass is 9.98. The van der Waals surface area contributed by atoms with E-state index in [1.54, 1.807) is 0 Å². The number of benzene rings is 2. The predicted molar refractivity (Wildman–Crippen MR) is 184 cm³/mol. The number of unbranched alkanes of at least 4 members (excludes halogenated alkanes) is 2. The van der Waals surface area contributed by atoms with Crippen molar-refractivity contribution in [2.75, 3.05) is 119 Å². The molecule has 0 aliphatic heterocycles. The number of amides is 1. The smallest absolute Gasteiger partial charge is 0.407 e. The standard InChI is InChI=1S/C37H57NO10/c1-2-3-8-15-40-17-19-42-21-23-44-25-27-46-29-30-47-28-26-45-24-22-43-20-18-41-16-9-14-38-37(39)48-31-36-34-12-6-4-10-32(34)33-11-5-7-13-35(33)36/h4-7,10-13,36H,2-3,8-9,14-31H2,1H3,(H,38,39). The monoisotopic (exact) mass is 675 g/mol. The summed E-state index contributed by atoms with van der Waals surface area (Å²) in [6.07, 6.45) is 3.82. The number of hydrogen-bond acceptors (Lipinski definition) is 10. The lowest BCUT2D eigenvalue weighted by Gasteiger charge is -2.14. The molecule has 0 atom stereocenters. The summed E-state index contributed by atoms with van der Waals surface area (Å²) < 4.78 is 49.6. The highest BCUT2D eigenvalue weighted by Gasteiger charge is 2.28. The summed E-state index contributed by atoms with van der Waals surface area (Å²) in [5, 5.41) is 2.81. The third kappa shape index (κ3) is 17.2. The summed E-state index contributed by atoms with van der Waals surface area (Å²) in [4.78, 5) is 12.2. The van der Waals surface area contributed by atoms with E-state index >= 15 is 0 Å². The van der Waals surface area contributed by atoms with Gasteiger partial charge in [0.1, 0.15) is 6.61 Å². The molecular weight excluding hydrogens is 618 g/mol. The molecule has 270 valence electrons. The highest BCUT2D eigenvalue weighted by Crippen LogP contribution is 2.44. The Bertz CT molecular complexity index is 1040. The van der Waals surface area contributed by atoms with Crippen LogP contribution in [-0.4, -0.2) is 125 Å². The summed E-state index contributed by atoms with van der Waals surface area (Å²) in [6.45, 7) is 11.7. The zero-order valence-electron chi connectivity index (χ0n) is 28.8. The molecule has 2 aromatic carbocycles. The second-order valence-electron chi connectivity index (χ2n) is 11.2. The normalized spacial score (nSPS) is 12.3. The molecule has 1 amide bonds. The second-order valence-corrected chi connectivity index (χ2v) is 11.2. The van der Waals surface area contributed by atoms with Gasteiger partial charge in [-0.1, -0.05) is 68.3 Å². The van der Waals surface area contributed by atoms with Crippen LogP contribution in [0.5, 0.6) is 0 Å². The Morgan fingerprint density at radius 3 is 1.31 bits per heavy atom. The van der Waals surface area contributed by atoms with Gasteiger partial charge < -0.3 is 47.9 Å². The van der Waals surface area contributed by atoms with Gasteiger partial charge >= 0.3 is 6.09 Å². The van der Waals surface area contributed by atoms with Gasteiger partial charge in [0.2, 0.25) is 0 Å². The molecule has 3 rings (SSSR count). The molecule has 0 unspecified atom stereocenters. The van der Waals surface area contributed by atoms with E-state index in [0.717, 1.165) is 13.0 Å². The maximum atomic E-state index is 12.2. The molecule has 0 radical (unpaired) electrons. The van der Waals surface area contributed by atoms with Crippen LogP contribution in [0.1, 0.15) is 49.7 Å². The molecule has 0 aromatic heterocycles. The molecule has 0 saturated heterocycles. The number of nitrogens with one attached hydrogen (secondary N) is 1. The van der Waals surface area contributed by atoms with Crippen molar-refractivity contribution >= 4 is 6.09 Å². The van der Waals surface area contributed by atoms with Crippen LogP contribution in [0.3, 0.4) is 0 Å². The van der Waals surface area contributed by atoms with Crippen LogP contribution in [0, 0.1) is 0 Å². The SMILES string of the molecule is CCCCCOCCOCCOCCOCCOCCOCCOCCOCCCNC(=O)OCC1c2ccccc2-c2ccccc21. The van der Waals surface area contributed by atoms with Gasteiger partial charge in [-0.3, -0.25) is 0 Å². The van der Waals surface area contributed by atoms with Gasteiger partial charge in [0.15, 0.2) is 0 Å². The largest absolute Gasteiger partial charge is 0.449 e. The number of carbonyl (C=O) groups is 1. The van der Waals surface area contributed by atoms with Gasteiger partial charge in [-0.15, -0.1) is 0 Å². The van der Waals surface area contributed by atoms with Crippen molar-refractivity contribution in [3.8, 4) is 11.1 Å². The Labute approximate surface area is 286 Å². The lowest BCUT2D eigenvalue weighted by Crippen LogP contribution is -2.27. The Morgan fingerprint density at radius 1 is 0.521 bits per heavy atom. The highest BCUT2D eigenvalue weighted by molar-refractivity contribution is 5.79. The minimum absolute atomic E-state index is 0.0553. The van der Waals surface area contributed by atoms with Crippen molar-refractivity contribution in [3.63, 3.8) is 0 Å². The van der Waals surface area contributed by atoms with E-state index in [-0.39, 0.29) is 5.92 Å². The van der Waals surface area contributed by atoms with Crippen LogP contribution in [-0.2, 0) is 42.6 Å². The van der Waals surface area contributed by atoms with Crippen molar-refractivity contribution in [1.82, 2.24) is 5.32 Å². The predicted octanol–water partition coefficient (Wildman–Crippen LogP) is 5.24. The quantitative estimate of drug-likeness (QED) is 0.107. The van der Waals surface area contributed by atoms with Gasteiger partial charge in [-0.25, -0.2) is 4.79 Å². The Balaban J connectivity index is 0.986. The molecule has 0 bridgehead atoms. The summed E-state index contributed by atoms with van der Waals surface area (Å²) in [5.41, 5.74) is 4.82. The van der Waals surface area contributed by atoms with Crippen LogP contribution in [0.4, 0.5) is 4.79 Å². The van der Waals surface area contributed by atoms with E-state index in [9.17, 15) is 4.79 Å². The Hall–Kier alpha value is -2.61. The maximum Gasteiger partial charge on any atom is 0.407 e. The van der Waals surface area contributed by atoms with E-state index in [1.807, 2.05) is 24.3 Å². The number of alkyl carbamates (subject to hydrolysis) is 1. The molecule has 11 nitrogen and oxygen atoms in total. The maximum absolute atomic E-state index is 12.2. The summed E-state index contributed by atoms with van der Waals surface area (Å²) in [5.74, 6) is 0.0553. The van der Waals surface area contributed by atoms with Crippen molar-refractivity contribution in [1.29, 1.82) is 0 Å². The topological polar surface area (TPSA) is 112 Å². The fraction of sp³-hybridized carbons (Fsp3) is 0.649. The first-order valence-corrected chi connectivity index (χ1v) is 17.5. The van der Waals surface area contributed by atoms with E-state index in [2.05, 4.69) is 36.5 Å². The molecule has 0 fully saturated rings. The zero-order chi connectivity index (χ0) is 33.7. The molecule has 1 aliphatic carbocycles. The first kappa shape index (κ1) is 39.8. The minimum atomic E-state index is -0.410. The number of hydrogen-bond donors (Lipinski definition) is 1. The number of carbonyl (C=O) groups excluding carboxylic acids is 1. The van der Waals surface area contributed by atoms with Gasteiger partial charge in [0, 0.05) is 25.7 Å². The first-order chi connectivity index (χ1) is 23.8. The van der Waals surface area contributed by atoms with E-state index in [0.29, 0.717) is 119 Å². The molecule has 0 spiro atoms. The summed E-state index contributed by atoms with van der Waals surface area (Å²) in [6, 6.07) is 16.6. The van der Waals surface area contributed by atoms with E-state index in [4.69, 9.17) is 42.6 Å². The third-order valence-electron chi connectivity index (χ3n) is 7.57. The first-order valence-electron chi connectivity index (χ1n) is 17.5. The van der Waals surface area contributed by atoms with E-state index in [1.165, 1.54) is 35.1 Å². The lowest BCUT2D eigenvalue weighted by molar-refractivity contribution is -0.0231. The van der Waals surface area contributed by atoms with Crippen molar-refractivity contribution in [2.24, 2.45) is 0 Å². The fourth-order valence-corrected chi connectivity index (χ4v) is 5.11. The highest BCUT2D eigenvalue weighted by atomic mass is 16.6. The molecule has 48 heavy (non-hydrogen) atoms. The van der Waals surface area contributed by atoms with Crippen LogP contribution in [0.15, 0.2) is 48.5 Å². The van der Waals surface area contributed by atoms with Gasteiger partial charge in [-0.05, 0) is 35.1 Å². The van der Waals surface area contributed by atoms with Crippen LogP contribution < -0.4 is 5.32 Å². The number of rotatable bonds is 31.